The molecule has 0 radical (unpaired) electrons. The van der Waals surface area contributed by atoms with Crippen LogP contribution in [0, 0.1) is 0 Å². The lowest BCUT2D eigenvalue weighted by molar-refractivity contribution is -0.0499. The average molecular weight is 265 g/mol. The number of nitrogens with zero attached hydrogens (tertiary/aromatic N) is 1. The van der Waals surface area contributed by atoms with E-state index < -0.39 is 21.4 Å². The highest BCUT2D eigenvalue weighted by molar-refractivity contribution is 7.88. The molecule has 0 bridgehead atoms. The smallest absolute Gasteiger partial charge is 0.374 e. The minimum Gasteiger partial charge on any atom is -0.374 e. The molecule has 92 valence electrons. The van der Waals surface area contributed by atoms with Crippen molar-refractivity contribution in [2.24, 2.45) is 4.99 Å². The highest BCUT2D eigenvalue weighted by Crippen LogP contribution is 2.37. The maximum absolute atomic E-state index is 12.1. The normalized spacial score (nSPS) is 14.8. The Bertz CT molecular complexity index is 578. The fourth-order valence-electron chi connectivity index (χ4n) is 1.35. The Morgan fingerprint density at radius 3 is 2.65 bits per heavy atom. The van der Waals surface area contributed by atoms with Crippen LogP contribution in [0.3, 0.4) is 0 Å². The maximum atomic E-state index is 12.1. The molecule has 1 aliphatic rings. The SMILES string of the molecule is O=S(=O)(Oc1cccc2c1N=CC2)C(F)(F)F. The highest BCUT2D eigenvalue weighted by Gasteiger charge is 2.48. The van der Waals surface area contributed by atoms with E-state index in [-0.39, 0.29) is 5.69 Å². The van der Waals surface area contributed by atoms with Crippen molar-refractivity contribution in [1.29, 1.82) is 0 Å². The number of hydrogen-bond donors (Lipinski definition) is 0. The minimum absolute atomic E-state index is 0.125. The first kappa shape index (κ1) is 11.9. The summed E-state index contributed by atoms with van der Waals surface area (Å²) in [5.41, 5.74) is -4.70. The number of hydrogen-bond acceptors (Lipinski definition) is 4. The summed E-state index contributed by atoms with van der Waals surface area (Å²) < 4.78 is 62.0. The number of para-hydroxylation sites is 1. The molecule has 4 nitrogen and oxygen atoms in total. The van der Waals surface area contributed by atoms with Gasteiger partial charge in [-0.05, 0) is 11.6 Å². The molecular formula is C9H6F3NO3S. The Balaban J connectivity index is 2.39. The maximum Gasteiger partial charge on any atom is 0.534 e. The summed E-state index contributed by atoms with van der Waals surface area (Å²) in [6, 6.07) is 4.18. The summed E-state index contributed by atoms with van der Waals surface area (Å²) in [6.07, 6.45) is 1.91. The van der Waals surface area contributed by atoms with Gasteiger partial charge in [0.15, 0.2) is 5.75 Å². The molecule has 0 N–H and O–H groups in total. The number of alkyl halides is 3. The fourth-order valence-corrected chi connectivity index (χ4v) is 1.81. The number of aliphatic imine (C=N–C) groups is 1. The Morgan fingerprint density at radius 2 is 2.00 bits per heavy atom. The summed E-state index contributed by atoms with van der Waals surface area (Å²) in [6.45, 7) is 0. The molecule has 0 unspecified atom stereocenters. The third-order valence-electron chi connectivity index (χ3n) is 2.10. The van der Waals surface area contributed by atoms with Crippen molar-refractivity contribution >= 4 is 22.0 Å². The average Bonchev–Trinajstić information content (AvgIpc) is 2.64. The monoisotopic (exact) mass is 265 g/mol. The second kappa shape index (κ2) is 3.73. The molecule has 1 aromatic rings. The first-order valence-electron chi connectivity index (χ1n) is 4.46. The second-order valence-electron chi connectivity index (χ2n) is 3.26. The van der Waals surface area contributed by atoms with Crippen LogP contribution in [0.1, 0.15) is 5.56 Å². The zero-order valence-corrected chi connectivity index (χ0v) is 9.05. The highest BCUT2D eigenvalue weighted by atomic mass is 32.2. The molecule has 0 amide bonds. The Hall–Kier alpha value is -1.57. The molecule has 0 fully saturated rings. The molecule has 8 heteroatoms. The van der Waals surface area contributed by atoms with Crippen LogP contribution in [0.2, 0.25) is 0 Å². The van der Waals surface area contributed by atoms with Gasteiger partial charge < -0.3 is 4.18 Å². The molecule has 1 aliphatic heterocycles. The minimum atomic E-state index is -5.65. The lowest BCUT2D eigenvalue weighted by atomic mass is 10.1. The molecule has 0 aliphatic carbocycles. The number of rotatable bonds is 2. The van der Waals surface area contributed by atoms with E-state index in [4.69, 9.17) is 0 Å². The largest absolute Gasteiger partial charge is 0.534 e. The van der Waals surface area contributed by atoms with E-state index in [9.17, 15) is 21.6 Å². The predicted molar refractivity (Wildman–Crippen MR) is 53.9 cm³/mol. The van der Waals surface area contributed by atoms with Crippen LogP contribution < -0.4 is 4.18 Å². The molecule has 0 spiro atoms. The van der Waals surface area contributed by atoms with Gasteiger partial charge in [0.05, 0.1) is 0 Å². The van der Waals surface area contributed by atoms with Crippen molar-refractivity contribution in [1.82, 2.24) is 0 Å². The zero-order chi connectivity index (χ0) is 12.7. The van der Waals surface area contributed by atoms with Gasteiger partial charge in [-0.2, -0.15) is 21.6 Å². The first-order chi connectivity index (χ1) is 7.81. The lowest BCUT2D eigenvalue weighted by Crippen LogP contribution is -2.28. The van der Waals surface area contributed by atoms with Gasteiger partial charge in [0.2, 0.25) is 0 Å². The molecule has 1 heterocycles. The summed E-state index contributed by atoms with van der Waals surface area (Å²) in [4.78, 5) is 3.78. The van der Waals surface area contributed by atoms with Crippen LogP contribution in [0.5, 0.6) is 5.75 Å². The summed E-state index contributed by atoms with van der Waals surface area (Å²) in [5.74, 6) is -0.409. The summed E-state index contributed by atoms with van der Waals surface area (Å²) >= 11 is 0. The Kier molecular flexibility index (Phi) is 2.61. The molecule has 17 heavy (non-hydrogen) atoms. The van der Waals surface area contributed by atoms with E-state index in [1.54, 1.807) is 6.07 Å². The second-order valence-corrected chi connectivity index (χ2v) is 4.80. The molecule has 0 aromatic heterocycles. The molecule has 2 rings (SSSR count). The molecule has 0 saturated heterocycles. The third-order valence-corrected chi connectivity index (χ3v) is 3.06. The molecular weight excluding hydrogens is 259 g/mol. The van der Waals surface area contributed by atoms with Crippen molar-refractivity contribution in [3.05, 3.63) is 23.8 Å². The quantitative estimate of drug-likeness (QED) is 0.608. The van der Waals surface area contributed by atoms with Gasteiger partial charge in [0.25, 0.3) is 0 Å². The van der Waals surface area contributed by atoms with Crippen LogP contribution in [-0.4, -0.2) is 20.1 Å². The van der Waals surface area contributed by atoms with Crippen LogP contribution in [0.15, 0.2) is 23.2 Å². The van der Waals surface area contributed by atoms with E-state index in [1.165, 1.54) is 12.3 Å². The number of benzene rings is 1. The van der Waals surface area contributed by atoms with Gasteiger partial charge in [0, 0.05) is 12.6 Å². The van der Waals surface area contributed by atoms with E-state index >= 15 is 0 Å². The van der Waals surface area contributed by atoms with E-state index in [2.05, 4.69) is 9.18 Å². The Labute approximate surface area is 94.9 Å². The fraction of sp³-hybridized carbons (Fsp3) is 0.222. The van der Waals surface area contributed by atoms with E-state index in [1.807, 2.05) is 0 Å². The molecule has 1 aromatic carbocycles. The van der Waals surface area contributed by atoms with Crippen molar-refractivity contribution < 1.29 is 25.8 Å². The zero-order valence-electron chi connectivity index (χ0n) is 8.23. The van der Waals surface area contributed by atoms with Gasteiger partial charge in [-0.3, -0.25) is 4.99 Å². The van der Waals surface area contributed by atoms with Crippen molar-refractivity contribution in [2.45, 2.75) is 11.9 Å². The number of fused-ring (bicyclic) bond motifs is 1. The number of halogens is 3. The molecule has 0 saturated carbocycles. The lowest BCUT2D eigenvalue weighted by Gasteiger charge is -2.11. The van der Waals surface area contributed by atoms with E-state index in [0.29, 0.717) is 12.0 Å². The van der Waals surface area contributed by atoms with Crippen LogP contribution in [-0.2, 0) is 16.5 Å². The van der Waals surface area contributed by atoms with E-state index in [0.717, 1.165) is 6.07 Å². The summed E-state index contributed by atoms with van der Waals surface area (Å²) in [5, 5.41) is 0. The standard InChI is InChI=1S/C9H6F3NO3S/c10-9(11,12)17(14,15)16-7-3-1-2-6-4-5-13-8(6)7/h1-3,5H,4H2. The predicted octanol–water partition coefficient (Wildman–Crippen LogP) is 2.17. The van der Waals surface area contributed by atoms with Crippen LogP contribution >= 0.6 is 0 Å². The van der Waals surface area contributed by atoms with Gasteiger partial charge in [0.1, 0.15) is 5.69 Å². The van der Waals surface area contributed by atoms with Gasteiger partial charge >= 0.3 is 15.6 Å². The van der Waals surface area contributed by atoms with Gasteiger partial charge in [-0.1, -0.05) is 12.1 Å². The van der Waals surface area contributed by atoms with Gasteiger partial charge in [-0.25, -0.2) is 0 Å². The van der Waals surface area contributed by atoms with Crippen molar-refractivity contribution in [3.63, 3.8) is 0 Å². The topological polar surface area (TPSA) is 55.7 Å². The van der Waals surface area contributed by atoms with Crippen molar-refractivity contribution in [3.8, 4) is 5.75 Å². The Morgan fingerprint density at radius 1 is 1.29 bits per heavy atom. The molecule has 0 atom stereocenters. The summed E-state index contributed by atoms with van der Waals surface area (Å²) in [7, 11) is -5.65. The third kappa shape index (κ3) is 2.12. The van der Waals surface area contributed by atoms with Gasteiger partial charge in [-0.15, -0.1) is 0 Å². The van der Waals surface area contributed by atoms with Crippen LogP contribution in [0.4, 0.5) is 18.9 Å². The van der Waals surface area contributed by atoms with Crippen molar-refractivity contribution in [2.75, 3.05) is 0 Å². The first-order valence-corrected chi connectivity index (χ1v) is 5.87. The van der Waals surface area contributed by atoms with Crippen LogP contribution in [0.25, 0.3) is 0 Å².